The van der Waals surface area contributed by atoms with Crippen molar-refractivity contribution < 1.29 is 14.6 Å². The van der Waals surface area contributed by atoms with Crippen molar-refractivity contribution in [3.8, 4) is 0 Å². The van der Waals surface area contributed by atoms with Crippen LogP contribution in [-0.2, 0) is 17.6 Å². The van der Waals surface area contributed by atoms with Gasteiger partial charge < -0.3 is 9.84 Å². The molecule has 104 valence electrons. The summed E-state index contributed by atoms with van der Waals surface area (Å²) in [5.74, 6) is -0.879. The normalized spacial score (nSPS) is 18.0. The van der Waals surface area contributed by atoms with Crippen molar-refractivity contribution in [2.24, 2.45) is 0 Å². The number of hydrogen-bond acceptors (Lipinski definition) is 3. The number of carboxylic acid groups (broad SMARTS) is 1. The quantitative estimate of drug-likeness (QED) is 0.912. The maximum Gasteiger partial charge on any atom is 0.336 e. The minimum Gasteiger partial charge on any atom is -0.478 e. The van der Waals surface area contributed by atoms with E-state index < -0.39 is 5.97 Å². The molecule has 1 aliphatic rings. The van der Waals surface area contributed by atoms with Gasteiger partial charge in [0.2, 0.25) is 0 Å². The van der Waals surface area contributed by atoms with E-state index >= 15 is 0 Å². The lowest BCUT2D eigenvalue weighted by Gasteiger charge is -2.25. The first-order valence-electron chi connectivity index (χ1n) is 6.78. The minimum atomic E-state index is -0.879. The Morgan fingerprint density at radius 2 is 2.25 bits per heavy atom. The standard InChI is InChI=1S/C16H17NO3/c1-9-3-5-13-11(7-9)15(16(18)19)12-8-10(20-2)4-6-14(12)17-13/h3,5,7,10H,4,6,8H2,1-2H3,(H,18,19). The van der Waals surface area contributed by atoms with E-state index in [1.165, 1.54) is 0 Å². The molecule has 0 amide bonds. The zero-order valence-corrected chi connectivity index (χ0v) is 11.6. The van der Waals surface area contributed by atoms with Crippen LogP contribution in [0.15, 0.2) is 18.2 Å². The van der Waals surface area contributed by atoms with Crippen LogP contribution in [-0.4, -0.2) is 29.3 Å². The summed E-state index contributed by atoms with van der Waals surface area (Å²) in [4.78, 5) is 16.4. The van der Waals surface area contributed by atoms with Crippen LogP contribution < -0.4 is 0 Å². The molecule has 1 aromatic heterocycles. The number of nitrogens with zero attached hydrogens (tertiary/aromatic N) is 1. The van der Waals surface area contributed by atoms with Crippen molar-refractivity contribution >= 4 is 16.9 Å². The summed E-state index contributed by atoms with van der Waals surface area (Å²) in [7, 11) is 1.68. The van der Waals surface area contributed by atoms with Gasteiger partial charge in [-0.3, -0.25) is 4.98 Å². The van der Waals surface area contributed by atoms with Gasteiger partial charge in [-0.2, -0.15) is 0 Å². The van der Waals surface area contributed by atoms with E-state index in [1.807, 2.05) is 25.1 Å². The Labute approximate surface area is 117 Å². The average molecular weight is 271 g/mol. The second-order valence-corrected chi connectivity index (χ2v) is 5.34. The molecule has 0 aliphatic heterocycles. The number of aryl methyl sites for hydroxylation is 2. The molecular formula is C16H17NO3. The fraction of sp³-hybridized carbons (Fsp3) is 0.375. The van der Waals surface area contributed by atoms with Gasteiger partial charge in [-0.05, 0) is 37.5 Å². The van der Waals surface area contributed by atoms with E-state index in [0.29, 0.717) is 12.0 Å². The van der Waals surface area contributed by atoms with E-state index in [4.69, 9.17) is 4.74 Å². The first-order chi connectivity index (χ1) is 9.60. The van der Waals surface area contributed by atoms with Gasteiger partial charge in [-0.1, -0.05) is 11.6 Å². The molecule has 1 N–H and O–H groups in total. The summed E-state index contributed by atoms with van der Waals surface area (Å²) in [5.41, 5.74) is 3.96. The molecule has 4 nitrogen and oxygen atoms in total. The van der Waals surface area contributed by atoms with Crippen LogP contribution in [0.1, 0.15) is 33.6 Å². The smallest absolute Gasteiger partial charge is 0.336 e. The zero-order chi connectivity index (χ0) is 14.3. The average Bonchev–Trinajstić information content (AvgIpc) is 2.43. The highest BCUT2D eigenvalue weighted by molar-refractivity contribution is 6.04. The summed E-state index contributed by atoms with van der Waals surface area (Å²) in [6.07, 6.45) is 2.39. The second-order valence-electron chi connectivity index (χ2n) is 5.34. The Balaban J connectivity index is 2.30. The molecule has 0 spiro atoms. The van der Waals surface area contributed by atoms with Gasteiger partial charge in [0.1, 0.15) is 0 Å². The lowest BCUT2D eigenvalue weighted by Crippen LogP contribution is -2.24. The molecule has 2 aromatic rings. The van der Waals surface area contributed by atoms with Crippen molar-refractivity contribution in [3.63, 3.8) is 0 Å². The molecule has 0 saturated carbocycles. The molecule has 1 atom stereocenters. The van der Waals surface area contributed by atoms with Crippen LogP contribution in [0.2, 0.25) is 0 Å². The molecular weight excluding hydrogens is 254 g/mol. The van der Waals surface area contributed by atoms with E-state index in [1.54, 1.807) is 7.11 Å². The van der Waals surface area contributed by atoms with E-state index in [0.717, 1.165) is 40.6 Å². The second kappa shape index (κ2) is 4.87. The topological polar surface area (TPSA) is 59.4 Å². The molecule has 1 aromatic carbocycles. The number of carbonyl (C=O) groups is 1. The van der Waals surface area contributed by atoms with Crippen LogP contribution in [0.3, 0.4) is 0 Å². The Morgan fingerprint density at radius 1 is 1.45 bits per heavy atom. The van der Waals surface area contributed by atoms with Crippen molar-refractivity contribution in [2.45, 2.75) is 32.3 Å². The predicted octanol–water partition coefficient (Wildman–Crippen LogP) is 2.75. The summed E-state index contributed by atoms with van der Waals surface area (Å²) < 4.78 is 5.40. The number of aromatic nitrogens is 1. The molecule has 3 rings (SSSR count). The fourth-order valence-electron chi connectivity index (χ4n) is 2.97. The first kappa shape index (κ1) is 13.1. The number of methoxy groups -OCH3 is 1. The van der Waals surface area contributed by atoms with E-state index in [2.05, 4.69) is 4.98 Å². The number of hydrogen-bond donors (Lipinski definition) is 1. The van der Waals surface area contributed by atoms with Gasteiger partial charge in [-0.25, -0.2) is 4.79 Å². The van der Waals surface area contributed by atoms with Crippen LogP contribution in [0.4, 0.5) is 0 Å². The third-order valence-electron chi connectivity index (χ3n) is 4.01. The summed E-state index contributed by atoms with van der Waals surface area (Å²) in [6.45, 7) is 1.96. The van der Waals surface area contributed by atoms with Crippen LogP contribution in [0.5, 0.6) is 0 Å². The highest BCUT2D eigenvalue weighted by Gasteiger charge is 2.26. The molecule has 0 radical (unpaired) electrons. The van der Waals surface area contributed by atoms with Crippen molar-refractivity contribution in [3.05, 3.63) is 40.6 Å². The number of fused-ring (bicyclic) bond motifs is 2. The number of aromatic carboxylic acids is 1. The highest BCUT2D eigenvalue weighted by Crippen LogP contribution is 2.30. The summed E-state index contributed by atoms with van der Waals surface area (Å²) in [6, 6.07) is 5.77. The largest absolute Gasteiger partial charge is 0.478 e. The van der Waals surface area contributed by atoms with Crippen molar-refractivity contribution in [1.82, 2.24) is 4.98 Å². The van der Waals surface area contributed by atoms with Gasteiger partial charge in [-0.15, -0.1) is 0 Å². The molecule has 0 fully saturated rings. The van der Waals surface area contributed by atoms with Crippen molar-refractivity contribution in [1.29, 1.82) is 0 Å². The fourth-order valence-corrected chi connectivity index (χ4v) is 2.97. The molecule has 1 unspecified atom stereocenters. The molecule has 0 saturated heterocycles. The van der Waals surface area contributed by atoms with Gasteiger partial charge >= 0.3 is 5.97 Å². The Bertz CT molecular complexity index is 694. The Morgan fingerprint density at radius 3 is 2.95 bits per heavy atom. The number of ether oxygens (including phenoxy) is 1. The Kier molecular flexibility index (Phi) is 3.18. The van der Waals surface area contributed by atoms with Gasteiger partial charge in [0.25, 0.3) is 0 Å². The van der Waals surface area contributed by atoms with Gasteiger partial charge in [0.05, 0.1) is 17.2 Å². The third-order valence-corrected chi connectivity index (χ3v) is 4.01. The highest BCUT2D eigenvalue weighted by atomic mass is 16.5. The molecule has 1 heterocycles. The minimum absolute atomic E-state index is 0.0876. The number of rotatable bonds is 2. The predicted molar refractivity (Wildman–Crippen MR) is 76.3 cm³/mol. The van der Waals surface area contributed by atoms with Crippen LogP contribution >= 0.6 is 0 Å². The van der Waals surface area contributed by atoms with E-state index in [-0.39, 0.29) is 6.10 Å². The molecule has 4 heteroatoms. The lowest BCUT2D eigenvalue weighted by molar-refractivity contribution is 0.0690. The van der Waals surface area contributed by atoms with Gasteiger partial charge in [0, 0.05) is 24.6 Å². The first-order valence-corrected chi connectivity index (χ1v) is 6.78. The maximum atomic E-state index is 11.7. The van der Waals surface area contributed by atoms with Gasteiger partial charge in [0.15, 0.2) is 0 Å². The third kappa shape index (κ3) is 2.06. The maximum absolute atomic E-state index is 11.7. The summed E-state index contributed by atoms with van der Waals surface area (Å²) >= 11 is 0. The zero-order valence-electron chi connectivity index (χ0n) is 11.6. The molecule has 20 heavy (non-hydrogen) atoms. The molecule has 1 aliphatic carbocycles. The Hall–Kier alpha value is -1.94. The number of pyridine rings is 1. The molecule has 0 bridgehead atoms. The SMILES string of the molecule is COC1CCc2nc3ccc(C)cc3c(C(=O)O)c2C1. The van der Waals surface area contributed by atoms with Crippen LogP contribution in [0.25, 0.3) is 10.9 Å². The lowest BCUT2D eigenvalue weighted by atomic mass is 9.88. The number of benzene rings is 1. The summed E-state index contributed by atoms with van der Waals surface area (Å²) in [5, 5.41) is 10.3. The van der Waals surface area contributed by atoms with Crippen LogP contribution in [0, 0.1) is 6.92 Å². The van der Waals surface area contributed by atoms with Crippen molar-refractivity contribution in [2.75, 3.05) is 7.11 Å². The number of carboxylic acids is 1. The monoisotopic (exact) mass is 271 g/mol. The van der Waals surface area contributed by atoms with E-state index in [9.17, 15) is 9.90 Å².